The molecule has 0 amide bonds. The Morgan fingerprint density at radius 2 is 2.15 bits per heavy atom. The van der Waals surface area contributed by atoms with Crippen molar-refractivity contribution in [1.82, 2.24) is 20.1 Å². The van der Waals surface area contributed by atoms with Crippen LogP contribution in [0.3, 0.4) is 0 Å². The van der Waals surface area contributed by atoms with Crippen molar-refractivity contribution >= 4 is 23.2 Å². The second kappa shape index (κ2) is 7.04. The van der Waals surface area contributed by atoms with E-state index < -0.39 is 0 Å². The second-order valence-electron chi connectivity index (χ2n) is 4.22. The molecule has 0 fully saturated rings. The molecule has 0 spiro atoms. The molecule has 0 aromatic carbocycles. The predicted octanol–water partition coefficient (Wildman–Crippen LogP) is 2.54. The Balaban J connectivity index is 2.35. The molecule has 0 saturated heterocycles. The Morgan fingerprint density at radius 3 is 2.75 bits per heavy atom. The first-order valence-corrected chi connectivity index (χ1v) is 6.91. The van der Waals surface area contributed by atoms with Gasteiger partial charge in [-0.15, -0.1) is 0 Å². The van der Waals surface area contributed by atoms with Crippen LogP contribution in [0.4, 0.5) is 0 Å². The second-order valence-corrected chi connectivity index (χ2v) is 5.06. The maximum Gasteiger partial charge on any atom is 0.0934 e. The Morgan fingerprint density at radius 1 is 1.35 bits per heavy atom. The molecule has 2 aromatic rings. The fraction of sp³-hybridized carbons (Fsp3) is 0.385. The van der Waals surface area contributed by atoms with Crippen molar-refractivity contribution in [3.63, 3.8) is 0 Å². The predicted molar refractivity (Wildman–Crippen MR) is 79.3 cm³/mol. The topological polar surface area (TPSA) is 52.0 Å². The first-order valence-electron chi connectivity index (χ1n) is 6.16. The zero-order chi connectivity index (χ0) is 14.5. The van der Waals surface area contributed by atoms with Gasteiger partial charge in [0, 0.05) is 13.3 Å². The molecule has 1 N–H and O–H groups in total. The summed E-state index contributed by atoms with van der Waals surface area (Å²) < 4.78 is 6.91. The summed E-state index contributed by atoms with van der Waals surface area (Å²) in [5.74, 6) is 0. The van der Waals surface area contributed by atoms with Crippen molar-refractivity contribution in [2.75, 3.05) is 20.8 Å². The Hall–Kier alpha value is -1.14. The van der Waals surface area contributed by atoms with Crippen LogP contribution in [0.5, 0.6) is 0 Å². The number of ether oxygens (including phenoxy) is 1. The molecule has 5 nitrogen and oxygen atoms in total. The van der Waals surface area contributed by atoms with Gasteiger partial charge < -0.3 is 10.1 Å². The number of aromatic nitrogens is 3. The summed E-state index contributed by atoms with van der Waals surface area (Å²) in [5.41, 5.74) is 1.69. The van der Waals surface area contributed by atoms with E-state index >= 15 is 0 Å². The number of hydrogen-bond acceptors (Lipinski definition) is 4. The fourth-order valence-corrected chi connectivity index (χ4v) is 2.36. The molecule has 2 aromatic heterocycles. The Labute approximate surface area is 127 Å². The van der Waals surface area contributed by atoms with Crippen molar-refractivity contribution in [2.24, 2.45) is 0 Å². The zero-order valence-electron chi connectivity index (χ0n) is 11.3. The number of halogens is 2. The van der Waals surface area contributed by atoms with Gasteiger partial charge >= 0.3 is 0 Å². The van der Waals surface area contributed by atoms with Gasteiger partial charge in [0.05, 0.1) is 46.8 Å². The molecular weight excluding hydrogens is 299 g/mol. The lowest BCUT2D eigenvalue weighted by Crippen LogP contribution is -2.23. The van der Waals surface area contributed by atoms with Gasteiger partial charge in [0.25, 0.3) is 0 Å². The summed E-state index contributed by atoms with van der Waals surface area (Å²) in [6, 6.07) is 3.52. The molecule has 0 radical (unpaired) electrons. The van der Waals surface area contributed by atoms with Gasteiger partial charge in [0.1, 0.15) is 0 Å². The van der Waals surface area contributed by atoms with Crippen LogP contribution < -0.4 is 5.32 Å². The smallest absolute Gasteiger partial charge is 0.0934 e. The number of nitrogens with one attached hydrogen (secondary N) is 1. The van der Waals surface area contributed by atoms with Gasteiger partial charge in [0.15, 0.2) is 0 Å². The van der Waals surface area contributed by atoms with Gasteiger partial charge in [-0.1, -0.05) is 23.2 Å². The van der Waals surface area contributed by atoms with E-state index in [0.717, 1.165) is 11.4 Å². The van der Waals surface area contributed by atoms with Crippen LogP contribution in [0.1, 0.15) is 17.4 Å². The highest BCUT2D eigenvalue weighted by Gasteiger charge is 2.21. The minimum Gasteiger partial charge on any atom is -0.383 e. The zero-order valence-corrected chi connectivity index (χ0v) is 12.8. The van der Waals surface area contributed by atoms with Crippen LogP contribution in [-0.4, -0.2) is 35.5 Å². The molecule has 0 aliphatic rings. The number of hydrogen-bond donors (Lipinski definition) is 1. The van der Waals surface area contributed by atoms with Crippen molar-refractivity contribution in [3.05, 3.63) is 46.0 Å². The molecule has 20 heavy (non-hydrogen) atoms. The molecule has 108 valence electrons. The maximum absolute atomic E-state index is 6.26. The molecular formula is C13H16Cl2N4O. The van der Waals surface area contributed by atoms with E-state index in [1.54, 1.807) is 25.6 Å². The first-order chi connectivity index (χ1) is 9.67. The quantitative estimate of drug-likeness (QED) is 0.890. The first kappa shape index (κ1) is 15.3. The van der Waals surface area contributed by atoms with Crippen LogP contribution in [0.25, 0.3) is 0 Å². The van der Waals surface area contributed by atoms with Crippen molar-refractivity contribution in [3.8, 4) is 0 Å². The highest BCUT2D eigenvalue weighted by atomic mass is 35.5. The van der Waals surface area contributed by atoms with Crippen LogP contribution >= 0.6 is 23.2 Å². The molecule has 1 unspecified atom stereocenters. The average Bonchev–Trinajstić information content (AvgIpc) is 2.81. The van der Waals surface area contributed by atoms with Gasteiger partial charge in [-0.2, -0.15) is 5.10 Å². The van der Waals surface area contributed by atoms with Crippen molar-refractivity contribution in [1.29, 1.82) is 0 Å². The summed E-state index contributed by atoms with van der Waals surface area (Å²) in [4.78, 5) is 4.34. The fourth-order valence-electron chi connectivity index (χ4n) is 2.00. The molecule has 2 heterocycles. The van der Waals surface area contributed by atoms with E-state index in [2.05, 4.69) is 15.4 Å². The van der Waals surface area contributed by atoms with Gasteiger partial charge in [-0.25, -0.2) is 0 Å². The third-order valence-corrected chi connectivity index (χ3v) is 3.46. The summed E-state index contributed by atoms with van der Waals surface area (Å²) >= 11 is 12.1. The van der Waals surface area contributed by atoms with Crippen LogP contribution in [0, 0.1) is 0 Å². The van der Waals surface area contributed by atoms with Crippen LogP contribution in [-0.2, 0) is 11.3 Å². The Bertz CT molecular complexity index is 556. The molecule has 7 heteroatoms. The molecule has 0 aliphatic heterocycles. The summed E-state index contributed by atoms with van der Waals surface area (Å²) in [6.45, 7) is 1.19. The number of rotatable bonds is 6. The maximum atomic E-state index is 6.26. The molecule has 0 aliphatic carbocycles. The minimum absolute atomic E-state index is 0.154. The van der Waals surface area contributed by atoms with Crippen LogP contribution in [0.15, 0.2) is 24.5 Å². The summed E-state index contributed by atoms with van der Waals surface area (Å²) in [7, 11) is 3.51. The minimum atomic E-state index is -0.154. The standard InChI is InChI=1S/C13H16Cl2N4O/c1-16-12(11-4-3-9(14)7-17-11)13-10(15)8-18-19(13)5-6-20-2/h3-4,7-8,12,16H,5-6H2,1-2H3. The SMILES string of the molecule is CNC(c1ccc(Cl)cn1)c1c(Cl)cnn1CCOC. The highest BCUT2D eigenvalue weighted by Crippen LogP contribution is 2.27. The van der Waals surface area contributed by atoms with E-state index in [9.17, 15) is 0 Å². The lowest BCUT2D eigenvalue weighted by atomic mass is 10.1. The largest absolute Gasteiger partial charge is 0.383 e. The Kier molecular flexibility index (Phi) is 5.37. The van der Waals surface area contributed by atoms with Gasteiger partial charge in [-0.05, 0) is 19.2 Å². The lowest BCUT2D eigenvalue weighted by Gasteiger charge is -2.18. The lowest BCUT2D eigenvalue weighted by molar-refractivity contribution is 0.182. The van der Waals surface area contributed by atoms with Gasteiger partial charge in [0.2, 0.25) is 0 Å². The summed E-state index contributed by atoms with van der Waals surface area (Å²) in [6.07, 6.45) is 3.25. The molecule has 1 atom stereocenters. The molecule has 2 rings (SSSR count). The van der Waals surface area contributed by atoms with E-state index in [0.29, 0.717) is 23.2 Å². The normalized spacial score (nSPS) is 12.6. The van der Waals surface area contributed by atoms with Crippen molar-refractivity contribution < 1.29 is 4.74 Å². The van der Waals surface area contributed by atoms with E-state index in [4.69, 9.17) is 27.9 Å². The average molecular weight is 315 g/mol. The van der Waals surface area contributed by atoms with E-state index in [-0.39, 0.29) is 6.04 Å². The highest BCUT2D eigenvalue weighted by molar-refractivity contribution is 6.31. The number of nitrogens with zero attached hydrogens (tertiary/aromatic N) is 3. The monoisotopic (exact) mass is 314 g/mol. The number of pyridine rings is 1. The van der Waals surface area contributed by atoms with E-state index in [1.807, 2.05) is 17.8 Å². The third kappa shape index (κ3) is 3.30. The van der Waals surface area contributed by atoms with E-state index in [1.165, 1.54) is 0 Å². The summed E-state index contributed by atoms with van der Waals surface area (Å²) in [5, 5.41) is 8.68. The number of methoxy groups -OCH3 is 1. The third-order valence-electron chi connectivity index (χ3n) is 2.95. The van der Waals surface area contributed by atoms with Crippen LogP contribution in [0.2, 0.25) is 10.0 Å². The molecule has 0 bridgehead atoms. The molecule has 0 saturated carbocycles. The van der Waals surface area contributed by atoms with Crippen molar-refractivity contribution in [2.45, 2.75) is 12.6 Å². The van der Waals surface area contributed by atoms with Gasteiger partial charge in [-0.3, -0.25) is 9.67 Å².